The summed E-state index contributed by atoms with van der Waals surface area (Å²) in [7, 11) is 0. The van der Waals surface area contributed by atoms with Crippen LogP contribution in [0, 0.1) is 12.3 Å². The first-order chi connectivity index (χ1) is 8.65. The Morgan fingerprint density at radius 3 is 3.06 bits per heavy atom. The standard InChI is InChI=1S/C11H16N2O4S/c1-2-6-18-7-3-12-11(16)13-4-5-17-9(8-13)10(14)15/h1,9H,3-8H2,(H,12,16)(H,14,15). The van der Waals surface area contributed by atoms with Crippen molar-refractivity contribution in [1.82, 2.24) is 10.2 Å². The van der Waals surface area contributed by atoms with Crippen LogP contribution >= 0.6 is 11.8 Å². The average Bonchev–Trinajstić information content (AvgIpc) is 2.38. The highest BCUT2D eigenvalue weighted by Gasteiger charge is 2.28. The van der Waals surface area contributed by atoms with Gasteiger partial charge in [0.2, 0.25) is 0 Å². The van der Waals surface area contributed by atoms with Gasteiger partial charge in [-0.2, -0.15) is 0 Å². The highest BCUT2D eigenvalue weighted by molar-refractivity contribution is 7.99. The molecule has 1 rings (SSSR count). The molecule has 1 heterocycles. The molecule has 0 radical (unpaired) electrons. The van der Waals surface area contributed by atoms with Gasteiger partial charge in [0, 0.05) is 18.8 Å². The number of thioether (sulfide) groups is 1. The second-order valence-electron chi connectivity index (χ2n) is 3.63. The molecule has 1 atom stereocenters. The molecule has 0 spiro atoms. The van der Waals surface area contributed by atoms with Crippen LogP contribution in [0.2, 0.25) is 0 Å². The third-order valence-corrected chi connectivity index (χ3v) is 3.20. The van der Waals surface area contributed by atoms with Crippen LogP contribution < -0.4 is 5.32 Å². The van der Waals surface area contributed by atoms with Crippen LogP contribution in [0.3, 0.4) is 0 Å². The SMILES string of the molecule is C#CCSCCNC(=O)N1CCOC(C(=O)O)C1. The number of morpholine rings is 1. The van der Waals surface area contributed by atoms with E-state index in [9.17, 15) is 9.59 Å². The molecular weight excluding hydrogens is 256 g/mol. The van der Waals surface area contributed by atoms with Gasteiger partial charge in [-0.3, -0.25) is 0 Å². The van der Waals surface area contributed by atoms with Gasteiger partial charge < -0.3 is 20.1 Å². The van der Waals surface area contributed by atoms with E-state index < -0.39 is 12.1 Å². The minimum Gasteiger partial charge on any atom is -0.479 e. The van der Waals surface area contributed by atoms with Crippen molar-refractivity contribution in [3.63, 3.8) is 0 Å². The number of carboxylic acid groups (broad SMARTS) is 1. The normalized spacial score (nSPS) is 19.1. The van der Waals surface area contributed by atoms with E-state index in [1.165, 1.54) is 4.90 Å². The second-order valence-corrected chi connectivity index (χ2v) is 4.74. The number of carbonyl (C=O) groups excluding carboxylic acids is 1. The molecule has 18 heavy (non-hydrogen) atoms. The number of aliphatic carboxylic acids is 1. The Bertz CT molecular complexity index is 342. The summed E-state index contributed by atoms with van der Waals surface area (Å²) in [6.07, 6.45) is 4.16. The third-order valence-electron chi connectivity index (χ3n) is 2.34. The van der Waals surface area contributed by atoms with Crippen LogP contribution in [0.25, 0.3) is 0 Å². The number of nitrogens with one attached hydrogen (secondary N) is 1. The molecule has 0 saturated carbocycles. The lowest BCUT2D eigenvalue weighted by Crippen LogP contribution is -2.52. The number of carbonyl (C=O) groups is 2. The molecule has 0 aromatic rings. The van der Waals surface area contributed by atoms with Crippen LogP contribution in [0.5, 0.6) is 0 Å². The van der Waals surface area contributed by atoms with Crippen molar-refractivity contribution in [3.05, 3.63) is 0 Å². The summed E-state index contributed by atoms with van der Waals surface area (Å²) < 4.78 is 5.03. The van der Waals surface area contributed by atoms with Gasteiger partial charge in [0.25, 0.3) is 0 Å². The number of urea groups is 1. The van der Waals surface area contributed by atoms with Crippen molar-refractivity contribution >= 4 is 23.8 Å². The highest BCUT2D eigenvalue weighted by atomic mass is 32.2. The van der Waals surface area contributed by atoms with Crippen molar-refractivity contribution in [2.24, 2.45) is 0 Å². The minimum absolute atomic E-state index is 0.0820. The number of nitrogens with zero attached hydrogens (tertiary/aromatic N) is 1. The molecule has 2 amide bonds. The zero-order valence-electron chi connectivity index (χ0n) is 9.92. The maximum absolute atomic E-state index is 11.7. The van der Waals surface area contributed by atoms with Gasteiger partial charge in [-0.15, -0.1) is 18.2 Å². The molecule has 0 aromatic carbocycles. The van der Waals surface area contributed by atoms with Crippen LogP contribution in [0.1, 0.15) is 0 Å². The Kier molecular flexibility index (Phi) is 6.39. The van der Waals surface area contributed by atoms with Crippen molar-refractivity contribution in [1.29, 1.82) is 0 Å². The van der Waals surface area contributed by atoms with Crippen molar-refractivity contribution in [2.75, 3.05) is 37.7 Å². The molecule has 1 aliphatic heterocycles. The van der Waals surface area contributed by atoms with E-state index in [4.69, 9.17) is 16.3 Å². The van der Waals surface area contributed by atoms with Gasteiger partial charge in [0.05, 0.1) is 18.9 Å². The van der Waals surface area contributed by atoms with Crippen molar-refractivity contribution in [3.8, 4) is 12.3 Å². The zero-order valence-corrected chi connectivity index (χ0v) is 10.7. The molecule has 1 fully saturated rings. The minimum atomic E-state index is -1.04. The van der Waals surface area contributed by atoms with E-state index in [0.717, 1.165) is 5.75 Å². The second kappa shape index (κ2) is 7.84. The Morgan fingerprint density at radius 2 is 2.39 bits per heavy atom. The number of hydrogen-bond donors (Lipinski definition) is 2. The van der Waals surface area contributed by atoms with Gasteiger partial charge in [-0.05, 0) is 0 Å². The third kappa shape index (κ3) is 4.85. The van der Waals surface area contributed by atoms with Crippen LogP contribution in [-0.2, 0) is 9.53 Å². The summed E-state index contributed by atoms with van der Waals surface area (Å²) >= 11 is 1.56. The van der Waals surface area contributed by atoms with Crippen molar-refractivity contribution < 1.29 is 19.4 Å². The molecule has 6 nitrogen and oxygen atoms in total. The number of terminal acetylenes is 1. The topological polar surface area (TPSA) is 78.9 Å². The van der Waals surface area contributed by atoms with E-state index in [-0.39, 0.29) is 19.2 Å². The summed E-state index contributed by atoms with van der Waals surface area (Å²) in [6, 6.07) is -0.258. The first-order valence-corrected chi connectivity index (χ1v) is 6.69. The van der Waals surface area contributed by atoms with E-state index in [0.29, 0.717) is 18.8 Å². The summed E-state index contributed by atoms with van der Waals surface area (Å²) in [4.78, 5) is 23.9. The highest BCUT2D eigenvalue weighted by Crippen LogP contribution is 2.05. The molecular formula is C11H16N2O4S. The van der Waals surface area contributed by atoms with Gasteiger partial charge in [0.15, 0.2) is 6.10 Å². The fraction of sp³-hybridized carbons (Fsp3) is 0.636. The predicted molar refractivity (Wildman–Crippen MR) is 68.5 cm³/mol. The van der Waals surface area contributed by atoms with E-state index in [2.05, 4.69) is 11.2 Å². The maximum atomic E-state index is 11.7. The van der Waals surface area contributed by atoms with E-state index in [1.807, 2.05) is 0 Å². The first-order valence-electron chi connectivity index (χ1n) is 5.53. The van der Waals surface area contributed by atoms with Gasteiger partial charge in [-0.25, -0.2) is 9.59 Å². The Balaban J connectivity index is 2.24. The molecule has 100 valence electrons. The van der Waals surface area contributed by atoms with Crippen LogP contribution in [-0.4, -0.2) is 65.9 Å². The summed E-state index contributed by atoms with van der Waals surface area (Å²) in [6.45, 7) is 1.25. The Labute approximate surface area is 110 Å². The van der Waals surface area contributed by atoms with Gasteiger partial charge >= 0.3 is 12.0 Å². The fourth-order valence-corrected chi connectivity index (χ4v) is 1.96. The van der Waals surface area contributed by atoms with Crippen LogP contribution in [0.15, 0.2) is 0 Å². The molecule has 0 aliphatic carbocycles. The van der Waals surface area contributed by atoms with Gasteiger partial charge in [-0.1, -0.05) is 5.92 Å². The quantitative estimate of drug-likeness (QED) is 0.537. The average molecular weight is 272 g/mol. The number of rotatable bonds is 5. The Morgan fingerprint density at radius 1 is 1.61 bits per heavy atom. The summed E-state index contributed by atoms with van der Waals surface area (Å²) in [5.41, 5.74) is 0. The first kappa shape index (κ1) is 14.7. The van der Waals surface area contributed by atoms with E-state index in [1.54, 1.807) is 11.8 Å². The molecule has 2 N–H and O–H groups in total. The zero-order chi connectivity index (χ0) is 13.4. The number of amides is 2. The van der Waals surface area contributed by atoms with Crippen molar-refractivity contribution in [2.45, 2.75) is 6.10 Å². The molecule has 0 aromatic heterocycles. The summed E-state index contributed by atoms with van der Waals surface area (Å²) in [5, 5.41) is 11.5. The maximum Gasteiger partial charge on any atom is 0.334 e. The smallest absolute Gasteiger partial charge is 0.334 e. The number of carboxylic acids is 1. The van der Waals surface area contributed by atoms with E-state index >= 15 is 0 Å². The molecule has 7 heteroatoms. The molecule has 1 saturated heterocycles. The Hall–Kier alpha value is -1.39. The number of ether oxygens (including phenoxy) is 1. The fourth-order valence-electron chi connectivity index (χ4n) is 1.46. The lowest BCUT2D eigenvalue weighted by atomic mass is 10.3. The predicted octanol–water partition coefficient (Wildman–Crippen LogP) is -0.152. The summed E-state index contributed by atoms with van der Waals surface area (Å²) in [5.74, 6) is 2.81. The lowest BCUT2D eigenvalue weighted by molar-refractivity contribution is -0.154. The van der Waals surface area contributed by atoms with Crippen LogP contribution in [0.4, 0.5) is 4.79 Å². The number of hydrogen-bond acceptors (Lipinski definition) is 4. The molecule has 1 aliphatic rings. The van der Waals surface area contributed by atoms with Gasteiger partial charge in [0.1, 0.15) is 0 Å². The monoisotopic (exact) mass is 272 g/mol. The molecule has 0 bridgehead atoms. The molecule has 1 unspecified atom stereocenters. The largest absolute Gasteiger partial charge is 0.479 e. The lowest BCUT2D eigenvalue weighted by Gasteiger charge is -2.30.